The van der Waals surface area contributed by atoms with Crippen molar-refractivity contribution in [3.63, 3.8) is 0 Å². The third-order valence-corrected chi connectivity index (χ3v) is 11.1. The Hall–Kier alpha value is -6.33. The SMILES string of the molecule is Cc1ccc2c(c1)B1c3cc4c5cc6c(cc5n(-c5ccccc5)c4cc3Oc3cccc(c31)O2)Oc1cccc2c1B6c1cc(C)ccc1O2. The van der Waals surface area contributed by atoms with Gasteiger partial charge < -0.3 is 23.5 Å². The first-order chi connectivity index (χ1) is 25.1. The minimum atomic E-state index is -0.0242. The predicted molar refractivity (Wildman–Crippen MR) is 206 cm³/mol. The van der Waals surface area contributed by atoms with Crippen LogP contribution in [-0.2, 0) is 0 Å². The molecule has 238 valence electrons. The molecule has 1 aromatic heterocycles. The monoisotopic (exact) mass is 655 g/mol. The van der Waals surface area contributed by atoms with E-state index in [2.05, 4.69) is 134 Å². The number of benzene rings is 7. The number of fused-ring (bicyclic) bond motifs is 11. The van der Waals surface area contributed by atoms with Gasteiger partial charge >= 0.3 is 0 Å². The molecule has 8 aromatic rings. The fourth-order valence-corrected chi connectivity index (χ4v) is 8.96. The molecule has 51 heavy (non-hydrogen) atoms. The zero-order chi connectivity index (χ0) is 33.5. The van der Waals surface area contributed by atoms with Crippen LogP contribution in [0.5, 0.6) is 46.0 Å². The summed E-state index contributed by atoms with van der Waals surface area (Å²) in [6.07, 6.45) is 0. The van der Waals surface area contributed by atoms with Gasteiger partial charge in [-0.05, 0) is 84.2 Å². The Labute approximate surface area is 294 Å². The van der Waals surface area contributed by atoms with Gasteiger partial charge in [-0.3, -0.25) is 0 Å². The summed E-state index contributed by atoms with van der Waals surface area (Å²) in [5.41, 5.74) is 12.4. The number of nitrogens with zero attached hydrogens (tertiary/aromatic N) is 1. The molecule has 0 bridgehead atoms. The summed E-state index contributed by atoms with van der Waals surface area (Å²) in [6.45, 7) is 4.24. The van der Waals surface area contributed by atoms with Gasteiger partial charge in [0.15, 0.2) is 0 Å². The molecule has 0 saturated carbocycles. The van der Waals surface area contributed by atoms with Crippen LogP contribution in [0, 0.1) is 13.8 Å². The smallest absolute Gasteiger partial charge is 0.260 e. The quantitative estimate of drug-likeness (QED) is 0.182. The first-order valence-corrected chi connectivity index (χ1v) is 17.5. The molecular formula is C44H27B2NO4. The highest BCUT2D eigenvalue weighted by Gasteiger charge is 2.42. The number of aromatic nitrogens is 1. The van der Waals surface area contributed by atoms with Crippen LogP contribution < -0.4 is 51.7 Å². The van der Waals surface area contributed by atoms with Crippen molar-refractivity contribution in [2.45, 2.75) is 13.8 Å². The second-order valence-corrected chi connectivity index (χ2v) is 14.2. The fourth-order valence-electron chi connectivity index (χ4n) is 8.96. The second kappa shape index (κ2) is 9.67. The van der Waals surface area contributed by atoms with Gasteiger partial charge in [-0.25, -0.2) is 0 Å². The van der Waals surface area contributed by atoms with Crippen molar-refractivity contribution in [1.82, 2.24) is 4.57 Å². The Bertz CT molecular complexity index is 2690. The maximum Gasteiger partial charge on any atom is 0.260 e. The first-order valence-electron chi connectivity index (χ1n) is 17.5. The Morgan fingerprint density at radius 2 is 0.824 bits per heavy atom. The number of ether oxygens (including phenoxy) is 4. The van der Waals surface area contributed by atoms with Crippen molar-refractivity contribution in [2.75, 3.05) is 0 Å². The van der Waals surface area contributed by atoms with Crippen molar-refractivity contribution in [3.8, 4) is 51.7 Å². The number of hydrogen-bond donors (Lipinski definition) is 0. The van der Waals surface area contributed by atoms with Crippen molar-refractivity contribution in [3.05, 3.63) is 139 Å². The van der Waals surface area contributed by atoms with Gasteiger partial charge in [0, 0.05) is 39.5 Å². The van der Waals surface area contributed by atoms with E-state index >= 15 is 0 Å². The van der Waals surface area contributed by atoms with Gasteiger partial charge in [0.1, 0.15) is 46.0 Å². The molecule has 0 atom stereocenters. The third kappa shape index (κ3) is 3.67. The molecule has 0 radical (unpaired) electrons. The van der Waals surface area contributed by atoms with Gasteiger partial charge in [0.05, 0.1) is 11.0 Å². The molecule has 4 aliphatic rings. The largest absolute Gasteiger partial charge is 0.458 e. The highest BCUT2D eigenvalue weighted by Crippen LogP contribution is 2.42. The predicted octanol–water partition coefficient (Wildman–Crippen LogP) is 6.86. The van der Waals surface area contributed by atoms with E-state index in [1.165, 1.54) is 11.1 Å². The van der Waals surface area contributed by atoms with Crippen LogP contribution in [0.25, 0.3) is 27.5 Å². The van der Waals surface area contributed by atoms with Crippen LogP contribution in [-0.4, -0.2) is 18.0 Å². The lowest BCUT2D eigenvalue weighted by Crippen LogP contribution is -2.57. The number of rotatable bonds is 1. The Balaban J connectivity index is 1.17. The van der Waals surface area contributed by atoms with Crippen molar-refractivity contribution < 1.29 is 18.9 Å². The van der Waals surface area contributed by atoms with Crippen molar-refractivity contribution in [2.24, 2.45) is 0 Å². The average molecular weight is 655 g/mol. The molecule has 0 saturated heterocycles. The van der Waals surface area contributed by atoms with Gasteiger partial charge in [-0.15, -0.1) is 0 Å². The Kier molecular flexibility index (Phi) is 5.21. The number of para-hydroxylation sites is 1. The molecule has 12 rings (SSSR count). The summed E-state index contributed by atoms with van der Waals surface area (Å²) in [4.78, 5) is 0. The van der Waals surface area contributed by atoms with Crippen LogP contribution in [0.4, 0.5) is 0 Å². The highest BCUT2D eigenvalue weighted by atomic mass is 16.5. The Morgan fingerprint density at radius 1 is 0.392 bits per heavy atom. The van der Waals surface area contributed by atoms with Crippen molar-refractivity contribution in [1.29, 1.82) is 0 Å². The second-order valence-electron chi connectivity index (χ2n) is 14.2. The normalized spacial score (nSPS) is 13.8. The molecule has 7 heteroatoms. The van der Waals surface area contributed by atoms with E-state index in [0.29, 0.717) is 0 Å². The molecule has 0 spiro atoms. The van der Waals surface area contributed by atoms with Crippen LogP contribution in [0.2, 0.25) is 0 Å². The maximum atomic E-state index is 6.78. The van der Waals surface area contributed by atoms with E-state index < -0.39 is 0 Å². The number of hydrogen-bond acceptors (Lipinski definition) is 4. The molecule has 0 amide bonds. The summed E-state index contributed by atoms with van der Waals surface area (Å²) in [7, 11) is 0. The standard InChI is InChI=1S/C44H27B2NO4/c1-24-14-16-35-29(18-24)45-31-20-27-28-21-32-42(51-40-13-7-11-38-44(40)46(32)30-19-25(2)15-17-36(30)49-38)23-34(28)47(26-8-4-3-5-9-26)33(27)22-41(31)50-39-12-6-10-37(48-35)43(39)45/h3-23H,1-2H3. The minimum absolute atomic E-state index is 0.0242. The van der Waals surface area contributed by atoms with Gasteiger partial charge in [-0.1, -0.05) is 77.9 Å². The molecule has 5 heterocycles. The van der Waals surface area contributed by atoms with E-state index in [1.807, 2.05) is 12.1 Å². The lowest BCUT2D eigenvalue weighted by atomic mass is 9.34. The zero-order valence-electron chi connectivity index (χ0n) is 27.9. The van der Waals surface area contributed by atoms with E-state index in [9.17, 15) is 0 Å². The van der Waals surface area contributed by atoms with E-state index in [0.717, 1.165) is 106 Å². The molecule has 5 nitrogen and oxygen atoms in total. The highest BCUT2D eigenvalue weighted by molar-refractivity contribution is 6.99. The van der Waals surface area contributed by atoms with E-state index in [-0.39, 0.29) is 13.4 Å². The maximum absolute atomic E-state index is 6.78. The van der Waals surface area contributed by atoms with Crippen LogP contribution >= 0.6 is 0 Å². The summed E-state index contributed by atoms with van der Waals surface area (Å²) in [5, 5.41) is 2.33. The topological polar surface area (TPSA) is 41.9 Å². The molecule has 7 aromatic carbocycles. The molecule has 0 fully saturated rings. The summed E-state index contributed by atoms with van der Waals surface area (Å²) >= 11 is 0. The fraction of sp³-hybridized carbons (Fsp3) is 0.0455. The van der Waals surface area contributed by atoms with Crippen LogP contribution in [0.3, 0.4) is 0 Å². The van der Waals surface area contributed by atoms with Gasteiger partial charge in [-0.2, -0.15) is 0 Å². The van der Waals surface area contributed by atoms with Crippen LogP contribution in [0.15, 0.2) is 127 Å². The van der Waals surface area contributed by atoms with Gasteiger partial charge in [0.25, 0.3) is 13.4 Å². The molecule has 0 aliphatic carbocycles. The minimum Gasteiger partial charge on any atom is -0.458 e. The van der Waals surface area contributed by atoms with E-state index in [4.69, 9.17) is 18.9 Å². The summed E-state index contributed by atoms with van der Waals surface area (Å²) in [5.74, 6) is 6.88. The average Bonchev–Trinajstić information content (AvgIpc) is 3.45. The number of aryl methyl sites for hydroxylation is 2. The molecule has 0 unspecified atom stereocenters. The lowest BCUT2D eigenvalue weighted by molar-refractivity contribution is 0.464. The Morgan fingerprint density at radius 3 is 1.29 bits per heavy atom. The summed E-state index contributed by atoms with van der Waals surface area (Å²) < 4.78 is 28.9. The van der Waals surface area contributed by atoms with Gasteiger partial charge in [0.2, 0.25) is 0 Å². The lowest BCUT2D eigenvalue weighted by Gasteiger charge is -2.33. The molecular weight excluding hydrogens is 628 g/mol. The molecule has 0 N–H and O–H groups in total. The van der Waals surface area contributed by atoms with Crippen LogP contribution in [0.1, 0.15) is 11.1 Å². The van der Waals surface area contributed by atoms with E-state index in [1.54, 1.807) is 0 Å². The first kappa shape index (κ1) is 27.5. The third-order valence-electron chi connectivity index (χ3n) is 11.1. The zero-order valence-corrected chi connectivity index (χ0v) is 27.9. The molecule has 4 aliphatic heterocycles. The summed E-state index contributed by atoms with van der Waals surface area (Å²) in [6, 6.07) is 45.0. The van der Waals surface area contributed by atoms with Crippen molar-refractivity contribution >= 4 is 68.0 Å².